The summed E-state index contributed by atoms with van der Waals surface area (Å²) >= 11 is 0. The first kappa shape index (κ1) is 13.2. The van der Waals surface area contributed by atoms with Crippen LogP contribution in [0.15, 0.2) is 0 Å². The smallest absolute Gasteiger partial charge is 0.232 e. The predicted molar refractivity (Wildman–Crippen MR) is 51.6 cm³/mol. The summed E-state index contributed by atoms with van der Waals surface area (Å²) in [7, 11) is 3.26. The minimum Gasteiger partial charge on any atom is -0.385 e. The number of methoxy groups -OCH3 is 1. The molecular weight excluding hydrogens is 216 g/mol. The SMILES string of the molecule is COCCCOCCCS(=O)(=O)Cl. The molecule has 0 amide bonds. The van der Waals surface area contributed by atoms with E-state index in [9.17, 15) is 8.42 Å². The third-order valence-corrected chi connectivity index (χ3v) is 2.55. The lowest BCUT2D eigenvalue weighted by molar-refractivity contribution is 0.104. The van der Waals surface area contributed by atoms with Crippen LogP contribution < -0.4 is 0 Å². The lowest BCUT2D eigenvalue weighted by Gasteiger charge is -2.02. The van der Waals surface area contributed by atoms with Crippen LogP contribution in [-0.2, 0) is 18.5 Å². The van der Waals surface area contributed by atoms with Gasteiger partial charge in [-0.2, -0.15) is 0 Å². The van der Waals surface area contributed by atoms with Gasteiger partial charge in [0.1, 0.15) is 0 Å². The predicted octanol–water partition coefficient (Wildman–Crippen LogP) is 0.998. The minimum atomic E-state index is -3.35. The van der Waals surface area contributed by atoms with Crippen LogP contribution in [0.1, 0.15) is 12.8 Å². The fourth-order valence-corrected chi connectivity index (χ4v) is 1.53. The molecule has 0 saturated carbocycles. The van der Waals surface area contributed by atoms with Gasteiger partial charge in [-0.1, -0.05) is 0 Å². The average Bonchev–Trinajstić information content (AvgIpc) is 2.01. The summed E-state index contributed by atoms with van der Waals surface area (Å²) in [6.45, 7) is 1.68. The Hall–Kier alpha value is 0.160. The topological polar surface area (TPSA) is 52.6 Å². The fraction of sp³-hybridized carbons (Fsp3) is 1.00. The van der Waals surface area contributed by atoms with Crippen LogP contribution >= 0.6 is 10.7 Å². The first-order valence-corrected chi connectivity index (χ1v) is 6.53. The van der Waals surface area contributed by atoms with E-state index in [2.05, 4.69) is 0 Å². The monoisotopic (exact) mass is 230 g/mol. The van der Waals surface area contributed by atoms with Gasteiger partial charge in [-0.15, -0.1) is 0 Å². The van der Waals surface area contributed by atoms with E-state index < -0.39 is 9.05 Å². The number of hydrogen-bond acceptors (Lipinski definition) is 4. The lowest BCUT2D eigenvalue weighted by Crippen LogP contribution is -2.05. The number of ether oxygens (including phenoxy) is 2. The van der Waals surface area contributed by atoms with Crippen molar-refractivity contribution in [2.24, 2.45) is 0 Å². The zero-order chi connectivity index (χ0) is 10.2. The van der Waals surface area contributed by atoms with Gasteiger partial charge in [0.2, 0.25) is 9.05 Å². The molecule has 0 saturated heterocycles. The van der Waals surface area contributed by atoms with Gasteiger partial charge in [0.25, 0.3) is 0 Å². The zero-order valence-electron chi connectivity index (χ0n) is 7.66. The van der Waals surface area contributed by atoms with E-state index in [1.807, 2.05) is 0 Å². The van der Waals surface area contributed by atoms with E-state index in [0.717, 1.165) is 6.42 Å². The second-order valence-electron chi connectivity index (χ2n) is 2.56. The Bertz CT molecular complexity index is 203. The van der Waals surface area contributed by atoms with E-state index in [4.69, 9.17) is 20.2 Å². The number of hydrogen-bond donors (Lipinski definition) is 0. The van der Waals surface area contributed by atoms with Crippen molar-refractivity contribution in [2.75, 3.05) is 32.7 Å². The maximum Gasteiger partial charge on any atom is 0.232 e. The lowest BCUT2D eigenvalue weighted by atomic mass is 10.5. The highest BCUT2D eigenvalue weighted by Crippen LogP contribution is 1.98. The second-order valence-corrected chi connectivity index (χ2v) is 5.45. The van der Waals surface area contributed by atoms with Gasteiger partial charge in [0.05, 0.1) is 5.75 Å². The molecule has 0 unspecified atom stereocenters. The second kappa shape index (κ2) is 7.55. The Morgan fingerprint density at radius 1 is 1.15 bits per heavy atom. The molecule has 0 spiro atoms. The van der Waals surface area contributed by atoms with Crippen LogP contribution in [0, 0.1) is 0 Å². The van der Waals surface area contributed by atoms with E-state index in [-0.39, 0.29) is 5.75 Å². The molecule has 80 valence electrons. The van der Waals surface area contributed by atoms with E-state index in [0.29, 0.717) is 26.2 Å². The molecule has 0 aromatic rings. The van der Waals surface area contributed by atoms with E-state index >= 15 is 0 Å². The van der Waals surface area contributed by atoms with Gasteiger partial charge >= 0.3 is 0 Å². The molecule has 0 atom stereocenters. The van der Waals surface area contributed by atoms with Gasteiger partial charge < -0.3 is 9.47 Å². The van der Waals surface area contributed by atoms with Crippen LogP contribution in [0.3, 0.4) is 0 Å². The average molecular weight is 231 g/mol. The van der Waals surface area contributed by atoms with Gasteiger partial charge in [-0.05, 0) is 12.8 Å². The first-order valence-electron chi connectivity index (χ1n) is 4.05. The van der Waals surface area contributed by atoms with Crippen molar-refractivity contribution in [3.05, 3.63) is 0 Å². The van der Waals surface area contributed by atoms with Gasteiger partial charge in [-0.3, -0.25) is 0 Å². The van der Waals surface area contributed by atoms with Crippen LogP contribution in [-0.4, -0.2) is 41.1 Å². The van der Waals surface area contributed by atoms with Crippen molar-refractivity contribution in [1.82, 2.24) is 0 Å². The molecule has 0 aliphatic heterocycles. The van der Waals surface area contributed by atoms with Gasteiger partial charge in [-0.25, -0.2) is 8.42 Å². The molecular formula is C7H15ClO4S. The molecule has 0 fully saturated rings. The minimum absolute atomic E-state index is 0.0289. The molecule has 4 nitrogen and oxygen atoms in total. The molecule has 13 heavy (non-hydrogen) atoms. The highest BCUT2D eigenvalue weighted by Gasteiger charge is 2.03. The van der Waals surface area contributed by atoms with Crippen molar-refractivity contribution >= 4 is 19.7 Å². The van der Waals surface area contributed by atoms with Crippen LogP contribution in [0.25, 0.3) is 0 Å². The molecule has 0 heterocycles. The maximum absolute atomic E-state index is 10.5. The summed E-state index contributed by atoms with van der Waals surface area (Å²) in [6.07, 6.45) is 1.27. The molecule has 0 aliphatic carbocycles. The summed E-state index contributed by atoms with van der Waals surface area (Å²) in [6, 6.07) is 0. The fourth-order valence-electron chi connectivity index (χ4n) is 0.741. The molecule has 0 bridgehead atoms. The molecule has 0 N–H and O–H groups in total. The van der Waals surface area contributed by atoms with Crippen molar-refractivity contribution in [1.29, 1.82) is 0 Å². The van der Waals surface area contributed by atoms with E-state index in [1.165, 1.54) is 0 Å². The summed E-state index contributed by atoms with van der Waals surface area (Å²) in [5.74, 6) is -0.0289. The molecule has 0 radical (unpaired) electrons. The summed E-state index contributed by atoms with van der Waals surface area (Å²) in [5.41, 5.74) is 0. The van der Waals surface area contributed by atoms with Crippen LogP contribution in [0.4, 0.5) is 0 Å². The highest BCUT2D eigenvalue weighted by molar-refractivity contribution is 8.13. The standard InChI is InChI=1S/C7H15ClO4S/c1-11-4-2-5-12-6-3-7-13(8,9)10/h2-7H2,1H3. The zero-order valence-corrected chi connectivity index (χ0v) is 9.23. The normalized spacial score (nSPS) is 11.8. The van der Waals surface area contributed by atoms with Crippen LogP contribution in [0.5, 0.6) is 0 Å². The van der Waals surface area contributed by atoms with Crippen molar-refractivity contribution in [2.45, 2.75) is 12.8 Å². The Morgan fingerprint density at radius 2 is 1.77 bits per heavy atom. The summed E-state index contributed by atoms with van der Waals surface area (Å²) < 4.78 is 30.8. The van der Waals surface area contributed by atoms with Crippen molar-refractivity contribution in [3.8, 4) is 0 Å². The van der Waals surface area contributed by atoms with Crippen molar-refractivity contribution < 1.29 is 17.9 Å². The third kappa shape index (κ3) is 12.2. The summed E-state index contributed by atoms with van der Waals surface area (Å²) in [5, 5.41) is 0. The summed E-state index contributed by atoms with van der Waals surface area (Å²) in [4.78, 5) is 0. The number of halogens is 1. The van der Waals surface area contributed by atoms with Gasteiger partial charge in [0.15, 0.2) is 0 Å². The van der Waals surface area contributed by atoms with Crippen molar-refractivity contribution in [3.63, 3.8) is 0 Å². The molecule has 0 aromatic carbocycles. The Kier molecular flexibility index (Phi) is 7.65. The quantitative estimate of drug-likeness (QED) is 0.461. The van der Waals surface area contributed by atoms with E-state index in [1.54, 1.807) is 7.11 Å². The third-order valence-electron chi connectivity index (χ3n) is 1.31. The molecule has 0 aromatic heterocycles. The largest absolute Gasteiger partial charge is 0.385 e. The first-order chi connectivity index (χ1) is 6.06. The van der Waals surface area contributed by atoms with Gasteiger partial charge in [0, 0.05) is 37.6 Å². The maximum atomic E-state index is 10.5. The molecule has 6 heteroatoms. The van der Waals surface area contributed by atoms with Crippen LogP contribution in [0.2, 0.25) is 0 Å². The number of rotatable bonds is 8. The Labute approximate surface area is 83.6 Å². The highest BCUT2D eigenvalue weighted by atomic mass is 35.7. The molecule has 0 rings (SSSR count). The Balaban J connectivity index is 3.09. The Morgan fingerprint density at radius 3 is 2.31 bits per heavy atom. The molecule has 0 aliphatic rings.